The molecule has 4 heteroatoms. The molecule has 0 heterocycles. The lowest BCUT2D eigenvalue weighted by Crippen LogP contribution is -2.65. The average Bonchev–Trinajstić information content (AvgIpc) is 2.78. The Labute approximate surface area is 219 Å². The van der Waals surface area contributed by atoms with Crippen molar-refractivity contribution in [2.75, 3.05) is 0 Å². The lowest BCUT2D eigenvalue weighted by Gasteiger charge is -2.71. The number of hydrogen-bond donors (Lipinski definition) is 1. The third-order valence-electron chi connectivity index (χ3n) is 13.7. The van der Waals surface area contributed by atoms with E-state index in [0.717, 1.165) is 51.4 Å². The molecule has 0 aromatic heterocycles. The van der Waals surface area contributed by atoms with Crippen molar-refractivity contribution in [1.82, 2.24) is 0 Å². The molecule has 0 radical (unpaired) electrons. The van der Waals surface area contributed by atoms with Crippen LogP contribution in [-0.2, 0) is 14.3 Å². The summed E-state index contributed by atoms with van der Waals surface area (Å²) in [7, 11) is 0. The predicted octanol–water partition coefficient (Wildman–Crippen LogP) is 7.66. The lowest BCUT2D eigenvalue weighted by atomic mass is 9.33. The normalized spacial score (nSPS) is 51.5. The number of carboxylic acids is 1. The molecule has 0 amide bonds. The van der Waals surface area contributed by atoms with E-state index in [-0.39, 0.29) is 39.7 Å². The Balaban J connectivity index is 1.56. The molecular weight excluding hydrogens is 448 g/mol. The SMILES string of the molecule is CC(=O)O[C@@H]1CC[C@]2(C)[C@H]3CC=C4[C@@H]5[C@@H](C)[C@H](C)CC[C@]5(C(=O)O)CC[C@@]4(C)[C@]3(C)CC[C@H]2C1(C)C. The molecular formula is C32H50O4. The summed E-state index contributed by atoms with van der Waals surface area (Å²) < 4.78 is 5.88. The van der Waals surface area contributed by atoms with Crippen molar-refractivity contribution < 1.29 is 19.4 Å². The second kappa shape index (κ2) is 8.09. The van der Waals surface area contributed by atoms with Gasteiger partial charge < -0.3 is 9.84 Å². The van der Waals surface area contributed by atoms with Gasteiger partial charge in [0.1, 0.15) is 6.10 Å². The maximum atomic E-state index is 12.9. The number of ether oxygens (including phenoxy) is 1. The van der Waals surface area contributed by atoms with Crippen LogP contribution in [0.2, 0.25) is 0 Å². The molecule has 5 aliphatic rings. The first kappa shape index (κ1) is 26.3. The summed E-state index contributed by atoms with van der Waals surface area (Å²) in [6.07, 6.45) is 11.7. The number of carbonyl (C=O) groups excluding carboxylic acids is 1. The van der Waals surface area contributed by atoms with E-state index < -0.39 is 11.4 Å². The third-order valence-corrected chi connectivity index (χ3v) is 13.7. The van der Waals surface area contributed by atoms with E-state index in [1.807, 2.05) is 0 Å². The molecule has 5 aliphatic carbocycles. The first-order chi connectivity index (χ1) is 16.6. The molecule has 10 atom stereocenters. The van der Waals surface area contributed by atoms with Gasteiger partial charge in [0.2, 0.25) is 0 Å². The molecule has 4 nitrogen and oxygen atoms in total. The Kier molecular flexibility index (Phi) is 5.91. The zero-order valence-corrected chi connectivity index (χ0v) is 24.1. The van der Waals surface area contributed by atoms with Crippen LogP contribution < -0.4 is 0 Å². The first-order valence-corrected chi connectivity index (χ1v) is 14.8. The molecule has 4 saturated carbocycles. The highest BCUT2D eigenvalue weighted by Crippen LogP contribution is 2.75. The van der Waals surface area contributed by atoms with Gasteiger partial charge in [-0.25, -0.2) is 0 Å². The van der Waals surface area contributed by atoms with Gasteiger partial charge in [-0.2, -0.15) is 0 Å². The van der Waals surface area contributed by atoms with Crippen molar-refractivity contribution in [3.8, 4) is 0 Å². The monoisotopic (exact) mass is 498 g/mol. The number of esters is 1. The van der Waals surface area contributed by atoms with Crippen LogP contribution in [0.1, 0.15) is 113 Å². The Morgan fingerprint density at radius 3 is 2.25 bits per heavy atom. The van der Waals surface area contributed by atoms with Crippen molar-refractivity contribution in [3.63, 3.8) is 0 Å². The number of carboxylic acid groups (broad SMARTS) is 1. The molecule has 0 saturated heterocycles. The summed E-state index contributed by atoms with van der Waals surface area (Å²) in [5.74, 6) is 1.53. The molecule has 0 spiro atoms. The fourth-order valence-electron chi connectivity index (χ4n) is 11.2. The average molecular weight is 499 g/mol. The second-order valence-corrected chi connectivity index (χ2v) is 15.1. The van der Waals surface area contributed by atoms with E-state index in [0.29, 0.717) is 23.7 Å². The van der Waals surface area contributed by atoms with E-state index in [1.165, 1.54) is 12.0 Å². The molecule has 202 valence electrons. The summed E-state index contributed by atoms with van der Waals surface area (Å²) in [6, 6.07) is 0. The van der Waals surface area contributed by atoms with Gasteiger partial charge in [0, 0.05) is 12.3 Å². The molecule has 0 bridgehead atoms. The smallest absolute Gasteiger partial charge is 0.310 e. The quantitative estimate of drug-likeness (QED) is 0.313. The molecule has 4 fully saturated rings. The maximum Gasteiger partial charge on any atom is 0.310 e. The van der Waals surface area contributed by atoms with E-state index >= 15 is 0 Å². The van der Waals surface area contributed by atoms with Crippen LogP contribution in [0, 0.1) is 56.7 Å². The van der Waals surface area contributed by atoms with E-state index in [2.05, 4.69) is 54.5 Å². The van der Waals surface area contributed by atoms with Crippen molar-refractivity contribution >= 4 is 11.9 Å². The highest BCUT2D eigenvalue weighted by molar-refractivity contribution is 5.76. The third kappa shape index (κ3) is 3.17. The van der Waals surface area contributed by atoms with Gasteiger partial charge in [-0.1, -0.05) is 60.1 Å². The molecule has 1 N–H and O–H groups in total. The summed E-state index contributed by atoms with van der Waals surface area (Å²) in [5, 5.41) is 10.6. The van der Waals surface area contributed by atoms with Crippen LogP contribution in [0.3, 0.4) is 0 Å². The topological polar surface area (TPSA) is 63.6 Å². The Morgan fingerprint density at radius 1 is 0.917 bits per heavy atom. The summed E-state index contributed by atoms with van der Waals surface area (Å²) in [6.45, 7) is 18.5. The van der Waals surface area contributed by atoms with Crippen molar-refractivity contribution in [2.24, 2.45) is 56.7 Å². The van der Waals surface area contributed by atoms with Gasteiger partial charge in [-0.15, -0.1) is 0 Å². The molecule has 36 heavy (non-hydrogen) atoms. The number of allylic oxidation sites excluding steroid dienone is 2. The minimum atomic E-state index is -0.578. The molecule has 0 aromatic carbocycles. The zero-order valence-electron chi connectivity index (χ0n) is 24.1. The number of hydrogen-bond acceptors (Lipinski definition) is 3. The van der Waals surface area contributed by atoms with Gasteiger partial charge in [0.25, 0.3) is 0 Å². The molecule has 5 rings (SSSR count). The van der Waals surface area contributed by atoms with Crippen LogP contribution in [0.25, 0.3) is 0 Å². The highest BCUT2D eigenvalue weighted by Gasteiger charge is 2.69. The summed E-state index contributed by atoms with van der Waals surface area (Å²) in [5.41, 5.74) is 1.30. The van der Waals surface area contributed by atoms with E-state index in [1.54, 1.807) is 6.92 Å². The van der Waals surface area contributed by atoms with Gasteiger partial charge in [-0.05, 0) is 104 Å². The van der Waals surface area contributed by atoms with Crippen LogP contribution in [-0.4, -0.2) is 23.1 Å². The Bertz CT molecular complexity index is 981. The standard InChI is InChI=1S/C32H50O4/c1-19-11-16-32(27(34)35)18-17-30(7)22(26(32)20(19)2)9-10-24-29(6)14-13-25(36-21(3)33)28(4,5)23(29)12-15-31(24,30)8/h9,19-20,23-26H,10-18H2,1-8H3,(H,34,35)/t19-,20+,23+,24-,25-,26+,29+,30-,31-,32+/m1/s1. The highest BCUT2D eigenvalue weighted by atomic mass is 16.5. The van der Waals surface area contributed by atoms with E-state index in [9.17, 15) is 14.7 Å². The molecule has 0 aliphatic heterocycles. The van der Waals surface area contributed by atoms with Crippen molar-refractivity contribution in [2.45, 2.75) is 119 Å². The summed E-state index contributed by atoms with van der Waals surface area (Å²) in [4.78, 5) is 24.7. The van der Waals surface area contributed by atoms with E-state index in [4.69, 9.17) is 4.74 Å². The Morgan fingerprint density at radius 2 is 1.61 bits per heavy atom. The fraction of sp³-hybridized carbons (Fsp3) is 0.875. The van der Waals surface area contributed by atoms with Gasteiger partial charge >= 0.3 is 11.9 Å². The lowest BCUT2D eigenvalue weighted by molar-refractivity contribution is -0.214. The second-order valence-electron chi connectivity index (χ2n) is 15.1. The number of carbonyl (C=O) groups is 2. The minimum absolute atomic E-state index is 0.00171. The van der Waals surface area contributed by atoms with Gasteiger partial charge in [0.05, 0.1) is 5.41 Å². The van der Waals surface area contributed by atoms with Crippen molar-refractivity contribution in [3.05, 3.63) is 11.6 Å². The zero-order chi connectivity index (χ0) is 26.5. The van der Waals surface area contributed by atoms with Crippen molar-refractivity contribution in [1.29, 1.82) is 0 Å². The van der Waals surface area contributed by atoms with Gasteiger partial charge in [-0.3, -0.25) is 9.59 Å². The maximum absolute atomic E-state index is 12.9. The van der Waals surface area contributed by atoms with Crippen LogP contribution in [0.15, 0.2) is 11.6 Å². The van der Waals surface area contributed by atoms with Crippen LogP contribution in [0.5, 0.6) is 0 Å². The van der Waals surface area contributed by atoms with Crippen LogP contribution in [0.4, 0.5) is 0 Å². The first-order valence-electron chi connectivity index (χ1n) is 14.8. The predicted molar refractivity (Wildman–Crippen MR) is 142 cm³/mol. The Hall–Kier alpha value is -1.32. The van der Waals surface area contributed by atoms with Crippen LogP contribution >= 0.6 is 0 Å². The summed E-state index contributed by atoms with van der Waals surface area (Å²) >= 11 is 0. The fourth-order valence-corrected chi connectivity index (χ4v) is 11.2. The minimum Gasteiger partial charge on any atom is -0.481 e. The molecule has 0 aromatic rings. The van der Waals surface area contributed by atoms with Gasteiger partial charge in [0.15, 0.2) is 0 Å². The largest absolute Gasteiger partial charge is 0.481 e. The number of rotatable bonds is 2. The number of fused-ring (bicyclic) bond motifs is 7. The molecule has 0 unspecified atom stereocenters. The number of aliphatic carboxylic acids is 1.